The molecule has 0 aliphatic heterocycles. The van der Waals surface area contributed by atoms with Crippen molar-refractivity contribution in [3.63, 3.8) is 0 Å². The Balaban J connectivity index is 1.44. The quantitative estimate of drug-likeness (QED) is 0.132. The van der Waals surface area contributed by atoms with Gasteiger partial charge in [0.05, 0.1) is 24.3 Å². The van der Waals surface area contributed by atoms with E-state index in [9.17, 15) is 9.90 Å². The first-order valence-electron chi connectivity index (χ1n) is 20.9. The molecule has 3 aromatic carbocycles. The van der Waals surface area contributed by atoms with E-state index in [4.69, 9.17) is 23.2 Å². The molecule has 13 heteroatoms. The third kappa shape index (κ3) is 7.92. The molecule has 4 aromatic rings. The zero-order valence-electron chi connectivity index (χ0n) is 37.2. The van der Waals surface area contributed by atoms with Gasteiger partial charge < -0.3 is 33.6 Å². The maximum Gasteiger partial charge on any atom is 0.265 e. The Kier molecular flexibility index (Phi) is 11.7. The van der Waals surface area contributed by atoms with Crippen molar-refractivity contribution >= 4 is 25.8 Å². The van der Waals surface area contributed by atoms with Crippen molar-refractivity contribution in [1.29, 1.82) is 0 Å². The van der Waals surface area contributed by atoms with E-state index in [0.29, 0.717) is 23.6 Å². The zero-order chi connectivity index (χ0) is 44.2. The number of aliphatic hydroxyl groups excluding tert-OH is 1. The average molecular weight is 850 g/mol. The molecule has 3 aliphatic rings. The first-order valence-corrected chi connectivity index (χ1v) is 23.9. The van der Waals surface area contributed by atoms with Crippen LogP contribution in [0.1, 0.15) is 108 Å². The summed E-state index contributed by atoms with van der Waals surface area (Å²) in [5, 5.41) is 20.1. The Labute approximate surface area is 359 Å². The number of rotatable bonds is 12. The normalized spacial score (nSPS) is 21.3. The van der Waals surface area contributed by atoms with Gasteiger partial charge in [0.25, 0.3) is 11.8 Å². The average Bonchev–Trinajstić information content (AvgIpc) is 3.62. The molecule has 0 saturated heterocycles. The smallest absolute Gasteiger partial charge is 0.265 e. The number of ketones is 2. The lowest BCUT2D eigenvalue weighted by Gasteiger charge is -2.55. The monoisotopic (exact) mass is 849 g/mol. The molecular formula is C48H59N3O9Si. The second-order valence-electron chi connectivity index (χ2n) is 19.5. The fraction of sp³-hybridized carbons (Fsp3) is 0.458. The van der Waals surface area contributed by atoms with Gasteiger partial charge in [0.1, 0.15) is 36.0 Å². The van der Waals surface area contributed by atoms with E-state index in [1.165, 1.54) is 7.11 Å². The van der Waals surface area contributed by atoms with Crippen LogP contribution in [0.25, 0.3) is 0 Å². The lowest BCUT2D eigenvalue weighted by molar-refractivity contribution is -0.0480. The van der Waals surface area contributed by atoms with Gasteiger partial charge in [0, 0.05) is 23.6 Å². The summed E-state index contributed by atoms with van der Waals surface area (Å²) in [4.78, 5) is 47.3. The summed E-state index contributed by atoms with van der Waals surface area (Å²) in [7, 11) is 2.32. The summed E-state index contributed by atoms with van der Waals surface area (Å²) >= 11 is 0. The van der Waals surface area contributed by atoms with E-state index in [1.807, 2.05) is 114 Å². The lowest BCUT2D eigenvalue weighted by atomic mass is 9.58. The number of carbonyl (C=O) groups is 3. The van der Waals surface area contributed by atoms with E-state index >= 15 is 9.59 Å². The number of amides is 1. The van der Waals surface area contributed by atoms with Crippen LogP contribution in [-0.4, -0.2) is 74.3 Å². The number of methoxy groups -OCH3 is 1. The maximum atomic E-state index is 15.7. The maximum absolute atomic E-state index is 15.7. The molecule has 3 aliphatic carbocycles. The molecular weight excluding hydrogens is 791 g/mol. The highest BCUT2D eigenvalue weighted by molar-refractivity contribution is 6.74. The van der Waals surface area contributed by atoms with Crippen LogP contribution < -0.4 is 19.5 Å². The number of aromatic nitrogens is 1. The van der Waals surface area contributed by atoms with Gasteiger partial charge in [-0.25, -0.2) is 0 Å². The predicted molar refractivity (Wildman–Crippen MR) is 234 cm³/mol. The zero-order valence-corrected chi connectivity index (χ0v) is 38.2. The number of Topliss-reactive ketones (excluding diaryl/α,β-unsaturated/α-hetero) is 2. The van der Waals surface area contributed by atoms with Gasteiger partial charge in [-0.1, -0.05) is 102 Å². The Morgan fingerprint density at radius 1 is 0.951 bits per heavy atom. The Hall–Kier alpha value is -5.24. The summed E-state index contributed by atoms with van der Waals surface area (Å²) in [5.41, 5.74) is 0.364. The van der Waals surface area contributed by atoms with Crippen molar-refractivity contribution in [3.05, 3.63) is 117 Å². The van der Waals surface area contributed by atoms with E-state index in [-0.39, 0.29) is 65.4 Å². The van der Waals surface area contributed by atoms with Crippen LogP contribution in [0.3, 0.4) is 0 Å². The third-order valence-electron chi connectivity index (χ3n) is 12.7. The second kappa shape index (κ2) is 16.2. The number of aliphatic hydroxyl groups is 1. The number of hydrogen-bond acceptors (Lipinski definition) is 11. The number of fused-ring (bicyclic) bond motifs is 4. The molecule has 12 nitrogen and oxygen atoms in total. The summed E-state index contributed by atoms with van der Waals surface area (Å²) in [6.07, 6.45) is 0.524. The van der Waals surface area contributed by atoms with E-state index in [0.717, 1.165) is 11.1 Å². The number of nitrogens with zero attached hydrogens (tertiary/aromatic N) is 2. The molecule has 4 atom stereocenters. The van der Waals surface area contributed by atoms with Gasteiger partial charge in [-0.05, 0) is 78.8 Å². The van der Waals surface area contributed by atoms with Crippen LogP contribution in [0, 0.1) is 17.3 Å². The van der Waals surface area contributed by atoms with Crippen molar-refractivity contribution in [2.24, 2.45) is 17.3 Å². The van der Waals surface area contributed by atoms with Crippen molar-refractivity contribution in [1.82, 2.24) is 15.4 Å². The topological polar surface area (TPSA) is 150 Å². The molecule has 2 N–H and O–H groups in total. The molecule has 0 spiro atoms. The van der Waals surface area contributed by atoms with Crippen molar-refractivity contribution in [3.8, 4) is 17.4 Å². The van der Waals surface area contributed by atoms with Gasteiger partial charge in [0.15, 0.2) is 25.5 Å². The molecule has 1 heterocycles. The molecule has 0 saturated carbocycles. The number of ether oxygens (including phenoxy) is 3. The minimum atomic E-state index is -2.96. The van der Waals surface area contributed by atoms with Crippen molar-refractivity contribution in [2.45, 2.75) is 97.4 Å². The Morgan fingerprint density at radius 3 is 2.11 bits per heavy atom. The summed E-state index contributed by atoms with van der Waals surface area (Å²) in [6.45, 7) is 16.8. The Morgan fingerprint density at radius 2 is 1.56 bits per heavy atom. The molecule has 1 amide bonds. The first kappa shape index (κ1) is 43.8. The van der Waals surface area contributed by atoms with Crippen molar-refractivity contribution in [2.75, 3.05) is 27.7 Å². The Bertz CT molecular complexity index is 2360. The fourth-order valence-electron chi connectivity index (χ4n) is 8.65. The largest absolute Gasteiger partial charge is 0.508 e. The van der Waals surface area contributed by atoms with E-state index < -0.39 is 60.1 Å². The standard InChI is InChI=1S/C48H59N3O9Si/c1-46(2,3)27-49-44(55)32-24-34(56-9)31-22-30-23-33-38(51(7)8)41-37(45(50-59-41)58-26-29-20-16-13-17-21-29)43(54)48(33,60-61(10,11)47(4,5)6)42(53)35(30)39(52)36(31)40(32)57-25-28-18-14-12-15-19-28/h12-21,24,30,33,38,53H,22-23,25-27H2,1-11H3,(H,49,55)/t30-,33-,38-,48?/m0/s1. The van der Waals surface area contributed by atoms with Crippen LogP contribution in [0.15, 0.2) is 82.6 Å². The van der Waals surface area contributed by atoms with Crippen LogP contribution in [0.5, 0.6) is 17.4 Å². The van der Waals surface area contributed by atoms with Gasteiger partial charge in [-0.2, -0.15) is 0 Å². The van der Waals surface area contributed by atoms with Gasteiger partial charge in [0.2, 0.25) is 5.78 Å². The minimum absolute atomic E-state index is 0.0140. The van der Waals surface area contributed by atoms with Gasteiger partial charge >= 0.3 is 0 Å². The number of nitrogens with one attached hydrogen (secondary N) is 1. The highest BCUT2D eigenvalue weighted by Gasteiger charge is 2.67. The van der Waals surface area contributed by atoms with Crippen LogP contribution in [0.4, 0.5) is 0 Å². The summed E-state index contributed by atoms with van der Waals surface area (Å²) in [5.74, 6) is -2.55. The molecule has 7 rings (SSSR count). The number of carbonyl (C=O) groups excluding carboxylic acids is 3. The van der Waals surface area contributed by atoms with Crippen LogP contribution in [-0.2, 0) is 24.1 Å². The van der Waals surface area contributed by atoms with Crippen LogP contribution in [0.2, 0.25) is 18.1 Å². The molecule has 1 aromatic heterocycles. The lowest BCUT2D eigenvalue weighted by Crippen LogP contribution is -2.65. The van der Waals surface area contributed by atoms with E-state index in [1.54, 1.807) is 6.07 Å². The molecule has 0 bridgehead atoms. The fourth-order valence-corrected chi connectivity index (χ4v) is 10.1. The highest BCUT2D eigenvalue weighted by atomic mass is 28.4. The summed E-state index contributed by atoms with van der Waals surface area (Å²) in [6, 6.07) is 20.0. The SMILES string of the molecule is COc1cc(C(=O)NCC(C)(C)C)c(OCc2ccccc2)c2c1C[C@H]1C[C@H]3[C@H](N(C)C)c4onc(OCc5ccccc5)c4C(=O)C3(O[Si](C)(C)C(C)(C)C)C(O)=C1C2=O. The molecule has 0 radical (unpaired) electrons. The number of hydrogen-bond donors (Lipinski definition) is 2. The second-order valence-corrected chi connectivity index (χ2v) is 24.2. The van der Waals surface area contributed by atoms with Crippen LogP contribution >= 0.6 is 0 Å². The minimum Gasteiger partial charge on any atom is -0.508 e. The number of benzene rings is 3. The molecule has 1 unspecified atom stereocenters. The van der Waals surface area contributed by atoms with Crippen molar-refractivity contribution < 1.29 is 42.6 Å². The molecule has 0 fully saturated rings. The number of allylic oxidation sites excluding steroid dienone is 1. The van der Waals surface area contributed by atoms with Gasteiger partial charge in [-0.15, -0.1) is 0 Å². The first-order chi connectivity index (χ1) is 28.7. The summed E-state index contributed by atoms with van der Waals surface area (Å²) < 4.78 is 32.1. The molecule has 324 valence electrons. The predicted octanol–water partition coefficient (Wildman–Crippen LogP) is 9.06. The van der Waals surface area contributed by atoms with E-state index in [2.05, 4.69) is 31.2 Å². The van der Waals surface area contributed by atoms with Gasteiger partial charge in [-0.3, -0.25) is 19.3 Å². The highest BCUT2D eigenvalue weighted by Crippen LogP contribution is 2.60. The molecule has 61 heavy (non-hydrogen) atoms. The third-order valence-corrected chi connectivity index (χ3v) is 17.2.